The molecule has 5 heavy (non-hydrogen) atoms. The Kier molecular flexibility index (Phi) is 2.28. The van der Waals surface area contributed by atoms with Gasteiger partial charge in [0.05, 0.1) is 5.04 Å². The second-order valence-corrected chi connectivity index (χ2v) is 1.42. The lowest BCUT2D eigenvalue weighted by molar-refractivity contribution is 1.45. The Bertz CT molecular complexity index is 44.9. The normalized spacial score (nSPS) is 12.2. The van der Waals surface area contributed by atoms with E-state index in [2.05, 4.69) is 17.6 Å². The highest BCUT2D eigenvalue weighted by molar-refractivity contribution is 7.96. The van der Waals surface area contributed by atoms with Crippen molar-refractivity contribution in [2.24, 2.45) is 4.99 Å². The third-order valence-electron chi connectivity index (χ3n) is 0.324. The summed E-state index contributed by atoms with van der Waals surface area (Å²) in [5.74, 6) is 0. The van der Waals surface area contributed by atoms with Crippen LogP contribution in [0.1, 0.15) is 6.92 Å². The van der Waals surface area contributed by atoms with Crippen molar-refractivity contribution in [2.45, 2.75) is 6.92 Å². The van der Waals surface area contributed by atoms with Crippen molar-refractivity contribution in [1.29, 1.82) is 0 Å². The van der Waals surface area contributed by atoms with Crippen LogP contribution in [0.4, 0.5) is 0 Å². The Morgan fingerprint density at radius 2 is 2.00 bits per heavy atom. The molecule has 1 nitrogen and oxygen atoms in total. The van der Waals surface area contributed by atoms with Gasteiger partial charge in [0.1, 0.15) is 0 Å². The van der Waals surface area contributed by atoms with Crippen molar-refractivity contribution in [1.82, 2.24) is 0 Å². The molecule has 0 saturated carbocycles. The van der Waals surface area contributed by atoms with Gasteiger partial charge in [0.15, 0.2) is 0 Å². The molecule has 0 rings (SSSR count). The lowest BCUT2D eigenvalue weighted by Crippen LogP contribution is -1.68. The van der Waals surface area contributed by atoms with E-state index < -0.39 is 0 Å². The van der Waals surface area contributed by atoms with Crippen molar-refractivity contribution >= 4 is 17.7 Å². The second-order valence-electron chi connectivity index (χ2n) is 0.771. The molecule has 2 heteroatoms. The first-order valence-corrected chi connectivity index (χ1v) is 1.84. The number of rotatable bonds is 0. The summed E-state index contributed by atoms with van der Waals surface area (Å²) in [5, 5.41) is 0.824. The Hall–Kier alpha value is 0.0200. The van der Waals surface area contributed by atoms with Gasteiger partial charge in [-0.05, 0) is 6.92 Å². The first-order valence-electron chi connectivity index (χ1n) is 1.39. The zero-order valence-electron chi connectivity index (χ0n) is 3.39. The van der Waals surface area contributed by atoms with Crippen LogP contribution in [0.3, 0.4) is 0 Å². The molecule has 0 spiro atoms. The van der Waals surface area contributed by atoms with Crippen molar-refractivity contribution in [3.63, 3.8) is 0 Å². The number of nitrogens with zero attached hydrogens (tertiary/aromatic N) is 1. The topological polar surface area (TPSA) is 12.4 Å². The third-order valence-corrected chi connectivity index (χ3v) is 0.524. The highest BCUT2D eigenvalue weighted by atomic mass is 32.1. The van der Waals surface area contributed by atoms with E-state index in [4.69, 9.17) is 0 Å². The number of aliphatic imine (C=N–C) groups is 1. The molecular weight excluding hydrogens is 82.1 g/mol. The molecule has 0 bridgehead atoms. The molecule has 0 aromatic heterocycles. The van der Waals surface area contributed by atoms with Gasteiger partial charge in [0, 0.05) is 7.05 Å². The predicted octanol–water partition coefficient (Wildman–Crippen LogP) is 0.964. The molecule has 0 aromatic rings. The maximum atomic E-state index is 3.85. The van der Waals surface area contributed by atoms with Crippen LogP contribution in [0.2, 0.25) is 0 Å². The first-order chi connectivity index (χ1) is 2.27. The summed E-state index contributed by atoms with van der Waals surface area (Å²) >= 11 is 3.85. The maximum absolute atomic E-state index is 3.85. The minimum Gasteiger partial charge on any atom is -0.287 e. The van der Waals surface area contributed by atoms with E-state index in [1.165, 1.54) is 0 Å². The van der Waals surface area contributed by atoms with Gasteiger partial charge in [-0.1, -0.05) is 0 Å². The van der Waals surface area contributed by atoms with Gasteiger partial charge in [-0.25, -0.2) is 0 Å². The van der Waals surface area contributed by atoms with Crippen molar-refractivity contribution in [3.05, 3.63) is 0 Å². The monoisotopic (exact) mass is 89.0 g/mol. The molecule has 0 radical (unpaired) electrons. The van der Waals surface area contributed by atoms with Gasteiger partial charge in [-0.3, -0.25) is 4.99 Å². The second kappa shape index (κ2) is 2.27. The zero-order chi connectivity index (χ0) is 4.28. The van der Waals surface area contributed by atoms with Crippen LogP contribution in [-0.2, 0) is 0 Å². The Morgan fingerprint density at radius 3 is 2.00 bits per heavy atom. The molecule has 0 aliphatic rings. The number of hydrogen-bond donors (Lipinski definition) is 1. The average molecular weight is 89.2 g/mol. The van der Waals surface area contributed by atoms with Crippen molar-refractivity contribution in [2.75, 3.05) is 7.05 Å². The van der Waals surface area contributed by atoms with Crippen LogP contribution in [0, 0.1) is 0 Å². The van der Waals surface area contributed by atoms with Crippen molar-refractivity contribution in [3.8, 4) is 0 Å². The molecular formula is C3H7NS. The predicted molar refractivity (Wildman–Crippen MR) is 28.0 cm³/mol. The van der Waals surface area contributed by atoms with E-state index in [0.29, 0.717) is 0 Å². The minimum absolute atomic E-state index is 0.824. The lowest BCUT2D eigenvalue weighted by atomic mass is 10.9. The molecule has 0 N–H and O–H groups in total. The molecule has 0 atom stereocenters. The van der Waals surface area contributed by atoms with E-state index in [9.17, 15) is 0 Å². The summed E-state index contributed by atoms with van der Waals surface area (Å²) in [6, 6.07) is 0. The van der Waals surface area contributed by atoms with E-state index >= 15 is 0 Å². The van der Waals surface area contributed by atoms with Gasteiger partial charge in [-0.15, -0.1) is 12.6 Å². The van der Waals surface area contributed by atoms with Crippen LogP contribution < -0.4 is 0 Å². The maximum Gasteiger partial charge on any atom is 0.0610 e. The fourth-order valence-corrected chi connectivity index (χ4v) is 0. The summed E-state index contributed by atoms with van der Waals surface area (Å²) in [6.07, 6.45) is 0. The molecule has 0 saturated heterocycles. The third kappa shape index (κ3) is 4.02. The minimum atomic E-state index is 0.824. The quantitative estimate of drug-likeness (QED) is 0.258. The summed E-state index contributed by atoms with van der Waals surface area (Å²) < 4.78 is 0. The van der Waals surface area contributed by atoms with Gasteiger partial charge in [0.25, 0.3) is 0 Å². The lowest BCUT2D eigenvalue weighted by Gasteiger charge is -1.72. The molecule has 0 aliphatic heterocycles. The average Bonchev–Trinajstić information content (AvgIpc) is 1.38. The summed E-state index contributed by atoms with van der Waals surface area (Å²) in [7, 11) is 1.71. The van der Waals surface area contributed by atoms with Crippen LogP contribution in [0.5, 0.6) is 0 Å². The fraction of sp³-hybridized carbons (Fsp3) is 0.667. The Labute approximate surface area is 37.5 Å². The molecule has 0 heterocycles. The number of hydrogen-bond acceptors (Lipinski definition) is 1. The molecule has 0 aromatic carbocycles. The molecule has 0 unspecified atom stereocenters. The van der Waals surface area contributed by atoms with Crippen LogP contribution in [0.25, 0.3) is 0 Å². The van der Waals surface area contributed by atoms with E-state index in [1.807, 2.05) is 6.92 Å². The van der Waals surface area contributed by atoms with Gasteiger partial charge in [-0.2, -0.15) is 0 Å². The van der Waals surface area contributed by atoms with Gasteiger partial charge in [0.2, 0.25) is 0 Å². The van der Waals surface area contributed by atoms with E-state index in [-0.39, 0.29) is 0 Å². The summed E-state index contributed by atoms with van der Waals surface area (Å²) in [6.45, 7) is 1.84. The molecule has 30 valence electrons. The zero-order valence-corrected chi connectivity index (χ0v) is 4.29. The van der Waals surface area contributed by atoms with Crippen LogP contribution in [0.15, 0.2) is 4.99 Å². The molecule has 0 fully saturated rings. The highest BCUT2D eigenvalue weighted by Crippen LogP contribution is 1.74. The highest BCUT2D eigenvalue weighted by Gasteiger charge is 1.63. The largest absolute Gasteiger partial charge is 0.287 e. The standard InChI is InChI=1S/C3H7NS/c1-3(5)4-2/h1-2H3,(H,4,5). The SMILES string of the molecule is CN=C(C)S. The van der Waals surface area contributed by atoms with E-state index in [0.717, 1.165) is 5.04 Å². The van der Waals surface area contributed by atoms with Gasteiger partial charge >= 0.3 is 0 Å². The number of thiol groups is 1. The Balaban J connectivity index is 3.14. The Morgan fingerprint density at radius 1 is 1.80 bits per heavy atom. The summed E-state index contributed by atoms with van der Waals surface area (Å²) in [4.78, 5) is 3.67. The smallest absolute Gasteiger partial charge is 0.0610 e. The fourth-order valence-electron chi connectivity index (χ4n) is 0. The van der Waals surface area contributed by atoms with E-state index in [1.54, 1.807) is 7.05 Å². The first kappa shape index (κ1) is 5.02. The van der Waals surface area contributed by atoms with Crippen LogP contribution >= 0.6 is 12.6 Å². The van der Waals surface area contributed by atoms with Gasteiger partial charge < -0.3 is 0 Å². The molecule has 0 aliphatic carbocycles. The van der Waals surface area contributed by atoms with Crippen LogP contribution in [-0.4, -0.2) is 12.1 Å². The van der Waals surface area contributed by atoms with Crippen molar-refractivity contribution < 1.29 is 0 Å². The summed E-state index contributed by atoms with van der Waals surface area (Å²) in [5.41, 5.74) is 0. The molecule has 0 amide bonds.